The van der Waals surface area contributed by atoms with Gasteiger partial charge in [0.2, 0.25) is 5.88 Å². The number of nitrogens with two attached hydrogens (primary N) is 1. The molecule has 0 saturated heterocycles. The summed E-state index contributed by atoms with van der Waals surface area (Å²) >= 11 is 1.56. The van der Waals surface area contributed by atoms with Crippen molar-refractivity contribution in [1.29, 1.82) is 0 Å². The molecular formula is C25H28N2O6S. The van der Waals surface area contributed by atoms with E-state index in [9.17, 15) is 19.8 Å². The molecule has 2 heterocycles. The lowest BCUT2D eigenvalue weighted by molar-refractivity contribution is 0.0209. The van der Waals surface area contributed by atoms with Gasteiger partial charge in [0.1, 0.15) is 13.2 Å². The van der Waals surface area contributed by atoms with Crippen LogP contribution in [0.3, 0.4) is 0 Å². The van der Waals surface area contributed by atoms with Gasteiger partial charge in [-0.1, -0.05) is 25.1 Å². The quantitative estimate of drug-likeness (QED) is 0.280. The van der Waals surface area contributed by atoms with Gasteiger partial charge in [0, 0.05) is 0 Å². The van der Waals surface area contributed by atoms with Crippen molar-refractivity contribution in [2.45, 2.75) is 32.4 Å². The van der Waals surface area contributed by atoms with E-state index in [4.69, 9.17) is 15.2 Å². The molecule has 0 radical (unpaired) electrons. The van der Waals surface area contributed by atoms with Crippen molar-refractivity contribution in [2.24, 2.45) is 5.73 Å². The molecule has 0 spiro atoms. The average molecular weight is 485 g/mol. The maximum atomic E-state index is 12.3. The van der Waals surface area contributed by atoms with Crippen LogP contribution in [0, 0.1) is 0 Å². The number of aliphatic hydroxyl groups excluding tert-OH is 2. The summed E-state index contributed by atoms with van der Waals surface area (Å²) in [6.07, 6.45) is 0.666. The zero-order chi connectivity index (χ0) is 24.7. The Morgan fingerprint density at radius 3 is 2.41 bits per heavy atom. The van der Waals surface area contributed by atoms with Crippen molar-refractivity contribution in [3.63, 3.8) is 0 Å². The van der Waals surface area contributed by atoms with Gasteiger partial charge >= 0.3 is 5.97 Å². The maximum absolute atomic E-state index is 12.3. The summed E-state index contributed by atoms with van der Waals surface area (Å²) in [5, 5.41) is 20.4. The van der Waals surface area contributed by atoms with E-state index in [2.05, 4.69) is 4.98 Å². The molecule has 0 atom stereocenters. The van der Waals surface area contributed by atoms with E-state index in [1.165, 1.54) is 6.92 Å². The third-order valence-electron chi connectivity index (χ3n) is 5.26. The van der Waals surface area contributed by atoms with Crippen molar-refractivity contribution in [1.82, 2.24) is 4.98 Å². The van der Waals surface area contributed by atoms with E-state index in [0.29, 0.717) is 12.0 Å². The number of carbonyl (C=O) groups is 2. The summed E-state index contributed by atoms with van der Waals surface area (Å²) in [5.74, 6) is -0.455. The van der Waals surface area contributed by atoms with Crippen molar-refractivity contribution in [3.8, 4) is 16.5 Å². The molecule has 9 heteroatoms. The summed E-state index contributed by atoms with van der Waals surface area (Å²) in [5.41, 5.74) is 7.49. The van der Waals surface area contributed by atoms with Crippen LogP contribution in [-0.2, 0) is 17.8 Å². The van der Waals surface area contributed by atoms with Crippen LogP contribution in [0.2, 0.25) is 0 Å². The van der Waals surface area contributed by atoms with Crippen LogP contribution in [0.5, 0.6) is 5.88 Å². The van der Waals surface area contributed by atoms with Crippen molar-refractivity contribution >= 4 is 23.1 Å². The maximum Gasteiger partial charge on any atom is 0.338 e. The first-order chi connectivity index (χ1) is 16.3. The van der Waals surface area contributed by atoms with Gasteiger partial charge in [-0.05, 0) is 54.1 Å². The number of benzene rings is 1. The third-order valence-corrected chi connectivity index (χ3v) is 6.15. The zero-order valence-electron chi connectivity index (χ0n) is 19.1. The minimum absolute atomic E-state index is 0.114. The van der Waals surface area contributed by atoms with Crippen LogP contribution < -0.4 is 10.5 Å². The number of carbonyl (C=O) groups excluding carboxylic acids is 2. The van der Waals surface area contributed by atoms with Gasteiger partial charge in [-0.25, -0.2) is 9.78 Å². The standard InChI is InChI=1S/C25H28N2O6S/c1-3-18-11-20(21-5-4-10-34-21)27-23(22(18)16(2)30)32-12-17-6-8-19(9-7-17)24(31)33-15-25(26,13-28)14-29/h4-11,28-29H,3,12-15,26H2,1-2H3. The predicted molar refractivity (Wildman–Crippen MR) is 129 cm³/mol. The molecule has 0 aliphatic carbocycles. The number of aromatic nitrogens is 1. The molecule has 0 aliphatic heterocycles. The van der Waals surface area contributed by atoms with E-state index >= 15 is 0 Å². The number of esters is 1. The number of ether oxygens (including phenoxy) is 2. The highest BCUT2D eigenvalue weighted by atomic mass is 32.1. The highest BCUT2D eigenvalue weighted by Gasteiger charge is 2.25. The van der Waals surface area contributed by atoms with Crippen molar-refractivity contribution in [2.75, 3.05) is 19.8 Å². The number of thiophene rings is 1. The molecule has 3 rings (SSSR count). The van der Waals surface area contributed by atoms with Crippen LogP contribution >= 0.6 is 11.3 Å². The van der Waals surface area contributed by atoms with Gasteiger partial charge in [-0.2, -0.15) is 0 Å². The van der Waals surface area contributed by atoms with E-state index < -0.39 is 24.7 Å². The largest absolute Gasteiger partial charge is 0.472 e. The first kappa shape index (κ1) is 25.5. The number of Topliss-reactive ketones (excluding diaryl/α,β-unsaturated/α-hetero) is 1. The molecule has 34 heavy (non-hydrogen) atoms. The minimum Gasteiger partial charge on any atom is -0.472 e. The summed E-state index contributed by atoms with van der Waals surface area (Å²) in [6, 6.07) is 12.4. The lowest BCUT2D eigenvalue weighted by atomic mass is 10.0. The molecule has 180 valence electrons. The second-order valence-electron chi connectivity index (χ2n) is 7.97. The number of pyridine rings is 1. The zero-order valence-corrected chi connectivity index (χ0v) is 19.9. The molecule has 0 fully saturated rings. The van der Waals surface area contributed by atoms with Gasteiger partial charge in [-0.3, -0.25) is 4.79 Å². The summed E-state index contributed by atoms with van der Waals surface area (Å²) in [6.45, 7) is 2.28. The van der Waals surface area contributed by atoms with Gasteiger partial charge in [0.15, 0.2) is 5.78 Å². The fraction of sp³-hybridized carbons (Fsp3) is 0.320. The molecule has 0 aliphatic rings. The number of hydrogen-bond acceptors (Lipinski definition) is 9. The molecule has 0 amide bonds. The second kappa shape index (κ2) is 11.3. The summed E-state index contributed by atoms with van der Waals surface area (Å²) in [7, 11) is 0. The van der Waals surface area contributed by atoms with E-state index in [-0.39, 0.29) is 30.4 Å². The Balaban J connectivity index is 1.74. The molecule has 2 aromatic heterocycles. The van der Waals surface area contributed by atoms with Crippen LogP contribution in [0.15, 0.2) is 47.8 Å². The predicted octanol–water partition coefficient (Wildman–Crippen LogP) is 2.99. The fourth-order valence-electron chi connectivity index (χ4n) is 3.21. The van der Waals surface area contributed by atoms with E-state index in [1.54, 1.807) is 35.6 Å². The monoisotopic (exact) mass is 484 g/mol. The number of hydrogen-bond donors (Lipinski definition) is 3. The molecule has 0 unspecified atom stereocenters. The van der Waals surface area contributed by atoms with Gasteiger partial charge in [0.25, 0.3) is 0 Å². The topological polar surface area (TPSA) is 132 Å². The van der Waals surface area contributed by atoms with Crippen LogP contribution in [-0.4, -0.2) is 52.3 Å². The number of nitrogens with zero attached hydrogens (tertiary/aromatic N) is 1. The SMILES string of the molecule is CCc1cc(-c2cccs2)nc(OCc2ccc(C(=O)OCC(N)(CO)CO)cc2)c1C(C)=O. The molecular weight excluding hydrogens is 456 g/mol. The highest BCUT2D eigenvalue weighted by Crippen LogP contribution is 2.31. The fourth-order valence-corrected chi connectivity index (χ4v) is 3.89. The Hall–Kier alpha value is -3.11. The summed E-state index contributed by atoms with van der Waals surface area (Å²) in [4.78, 5) is 30.2. The van der Waals surface area contributed by atoms with Gasteiger partial charge in [0.05, 0.1) is 40.5 Å². The molecule has 8 nitrogen and oxygen atoms in total. The summed E-state index contributed by atoms with van der Waals surface area (Å²) < 4.78 is 11.1. The van der Waals surface area contributed by atoms with Gasteiger partial charge < -0.3 is 25.4 Å². The van der Waals surface area contributed by atoms with E-state index in [0.717, 1.165) is 21.7 Å². The van der Waals surface area contributed by atoms with Crippen molar-refractivity contribution in [3.05, 3.63) is 70.1 Å². The second-order valence-corrected chi connectivity index (χ2v) is 8.92. The van der Waals surface area contributed by atoms with E-state index in [1.807, 2.05) is 30.5 Å². The average Bonchev–Trinajstić information content (AvgIpc) is 3.40. The van der Waals surface area contributed by atoms with Crippen LogP contribution in [0.1, 0.15) is 45.7 Å². The lowest BCUT2D eigenvalue weighted by Crippen LogP contribution is -2.51. The Kier molecular flexibility index (Phi) is 8.51. The number of aryl methyl sites for hydroxylation is 1. The lowest BCUT2D eigenvalue weighted by Gasteiger charge is -2.23. The molecule has 0 bridgehead atoms. The van der Waals surface area contributed by atoms with Crippen LogP contribution in [0.25, 0.3) is 10.6 Å². The normalized spacial score (nSPS) is 11.3. The molecule has 0 saturated carbocycles. The molecule has 4 N–H and O–H groups in total. The first-order valence-corrected chi connectivity index (χ1v) is 11.7. The van der Waals surface area contributed by atoms with Crippen molar-refractivity contribution < 1.29 is 29.3 Å². The number of ketones is 1. The number of rotatable bonds is 11. The molecule has 1 aromatic carbocycles. The Labute approximate surface area is 202 Å². The van der Waals surface area contributed by atoms with Gasteiger partial charge in [-0.15, -0.1) is 11.3 Å². The Bertz CT molecular complexity index is 1130. The highest BCUT2D eigenvalue weighted by molar-refractivity contribution is 7.13. The Morgan fingerprint density at radius 1 is 1.15 bits per heavy atom. The van der Waals surface area contributed by atoms with Crippen LogP contribution in [0.4, 0.5) is 0 Å². The first-order valence-electron chi connectivity index (χ1n) is 10.8. The third kappa shape index (κ3) is 6.06. The smallest absolute Gasteiger partial charge is 0.338 e. The number of aliphatic hydroxyl groups is 2. The molecule has 3 aromatic rings. The Morgan fingerprint density at radius 2 is 1.85 bits per heavy atom. The minimum atomic E-state index is -1.39.